The number of carbonyl (C=O) groups excluding carboxylic acids is 2. The number of furan rings is 1. The number of fused-ring (bicyclic) bond motifs is 1. The Morgan fingerprint density at radius 3 is 2.55 bits per heavy atom. The summed E-state index contributed by atoms with van der Waals surface area (Å²) < 4.78 is 11.0. The molecule has 29 heavy (non-hydrogen) atoms. The molecule has 0 spiro atoms. The normalized spacial score (nSPS) is 23.8. The first-order valence-electron chi connectivity index (χ1n) is 9.94. The van der Waals surface area contributed by atoms with Crippen LogP contribution in [0.2, 0.25) is 0 Å². The number of rotatable bonds is 5. The molecule has 7 nitrogen and oxygen atoms in total. The number of hydrogen-bond acceptors (Lipinski definition) is 5. The second-order valence-electron chi connectivity index (χ2n) is 7.85. The van der Waals surface area contributed by atoms with Gasteiger partial charge >= 0.3 is 0 Å². The fraction of sp³-hybridized carbons (Fsp3) is 0.455. The molecule has 2 aliphatic rings. The van der Waals surface area contributed by atoms with E-state index in [1.807, 2.05) is 23.1 Å². The molecular formula is C22H27N3O4. The van der Waals surface area contributed by atoms with Crippen LogP contribution in [0.4, 0.5) is 0 Å². The standard InChI is InChI=1S/C22H27N3O4/c1-14(26)25-11-16-10-24(12-18-8-9-20(29-18)22(27)23-2)13-19(16)21(25)15-4-6-17(28-3)7-5-15/h4-9,16,19,21H,10-13H2,1-3H3,(H,23,27)/t16-,19-,21+/m1/s1. The van der Waals surface area contributed by atoms with Gasteiger partial charge in [-0.2, -0.15) is 0 Å². The molecular weight excluding hydrogens is 370 g/mol. The Morgan fingerprint density at radius 1 is 1.14 bits per heavy atom. The fourth-order valence-corrected chi connectivity index (χ4v) is 4.75. The lowest BCUT2D eigenvalue weighted by molar-refractivity contribution is -0.130. The highest BCUT2D eigenvalue weighted by Crippen LogP contribution is 2.45. The molecule has 154 valence electrons. The van der Waals surface area contributed by atoms with Gasteiger partial charge in [0.2, 0.25) is 5.91 Å². The molecule has 3 heterocycles. The lowest BCUT2D eigenvalue weighted by Crippen LogP contribution is -2.34. The largest absolute Gasteiger partial charge is 0.497 e. The molecule has 0 unspecified atom stereocenters. The zero-order chi connectivity index (χ0) is 20.5. The van der Waals surface area contributed by atoms with Crippen LogP contribution >= 0.6 is 0 Å². The number of amides is 2. The quantitative estimate of drug-likeness (QED) is 0.838. The summed E-state index contributed by atoms with van der Waals surface area (Å²) in [6.07, 6.45) is 0. The minimum Gasteiger partial charge on any atom is -0.497 e. The third kappa shape index (κ3) is 3.74. The van der Waals surface area contributed by atoms with E-state index < -0.39 is 0 Å². The number of likely N-dealkylation sites (tertiary alicyclic amines) is 2. The molecule has 2 aliphatic heterocycles. The Balaban J connectivity index is 1.49. The maximum absolute atomic E-state index is 12.3. The van der Waals surface area contributed by atoms with E-state index in [0.717, 1.165) is 36.7 Å². The van der Waals surface area contributed by atoms with Crippen molar-refractivity contribution in [1.82, 2.24) is 15.1 Å². The van der Waals surface area contributed by atoms with Crippen LogP contribution < -0.4 is 10.1 Å². The van der Waals surface area contributed by atoms with Gasteiger partial charge in [0.1, 0.15) is 11.5 Å². The molecule has 2 amide bonds. The van der Waals surface area contributed by atoms with E-state index in [1.165, 1.54) is 0 Å². The molecule has 0 saturated carbocycles. The summed E-state index contributed by atoms with van der Waals surface area (Å²) in [7, 11) is 3.24. The first kappa shape index (κ1) is 19.5. The molecule has 1 aromatic heterocycles. The Bertz CT molecular complexity index is 892. The SMILES string of the molecule is CNC(=O)c1ccc(CN2C[C@@H]3CN(C(C)=O)[C@@H](c4ccc(OC)cc4)[C@@H]3C2)o1. The van der Waals surface area contributed by atoms with Crippen LogP contribution in [0.15, 0.2) is 40.8 Å². The predicted molar refractivity (Wildman–Crippen MR) is 107 cm³/mol. The van der Waals surface area contributed by atoms with Crippen LogP contribution in [0.3, 0.4) is 0 Å². The minimum absolute atomic E-state index is 0.0754. The number of methoxy groups -OCH3 is 1. The molecule has 3 atom stereocenters. The molecule has 0 bridgehead atoms. The molecule has 7 heteroatoms. The van der Waals surface area contributed by atoms with Gasteiger partial charge in [0.15, 0.2) is 5.76 Å². The number of nitrogens with one attached hydrogen (secondary N) is 1. The fourth-order valence-electron chi connectivity index (χ4n) is 4.75. The molecule has 2 fully saturated rings. The van der Waals surface area contributed by atoms with Crippen molar-refractivity contribution in [1.29, 1.82) is 0 Å². The van der Waals surface area contributed by atoms with Crippen LogP contribution in [0.1, 0.15) is 34.8 Å². The summed E-state index contributed by atoms with van der Waals surface area (Å²) in [5.74, 6) is 2.64. The Hall–Kier alpha value is -2.80. The number of ether oxygens (including phenoxy) is 1. The summed E-state index contributed by atoms with van der Waals surface area (Å²) in [4.78, 5) is 28.4. The zero-order valence-electron chi connectivity index (χ0n) is 17.1. The minimum atomic E-state index is -0.216. The Kier molecular flexibility index (Phi) is 5.32. The number of carbonyl (C=O) groups is 2. The van der Waals surface area contributed by atoms with E-state index in [0.29, 0.717) is 24.1 Å². The average molecular weight is 397 g/mol. The maximum atomic E-state index is 12.3. The van der Waals surface area contributed by atoms with Crippen molar-refractivity contribution in [3.05, 3.63) is 53.5 Å². The van der Waals surface area contributed by atoms with Gasteiger partial charge in [-0.25, -0.2) is 0 Å². The smallest absolute Gasteiger partial charge is 0.286 e. The lowest BCUT2D eigenvalue weighted by atomic mass is 9.89. The van der Waals surface area contributed by atoms with Crippen LogP contribution in [-0.2, 0) is 11.3 Å². The van der Waals surface area contributed by atoms with E-state index in [9.17, 15) is 9.59 Å². The van der Waals surface area contributed by atoms with Crippen LogP contribution in [0, 0.1) is 11.8 Å². The monoisotopic (exact) mass is 397 g/mol. The number of hydrogen-bond donors (Lipinski definition) is 1. The molecule has 2 aromatic rings. The highest BCUT2D eigenvalue weighted by molar-refractivity contribution is 5.91. The van der Waals surface area contributed by atoms with Crippen molar-refractivity contribution >= 4 is 11.8 Å². The van der Waals surface area contributed by atoms with Gasteiger partial charge in [-0.15, -0.1) is 0 Å². The van der Waals surface area contributed by atoms with Gasteiger partial charge in [0.25, 0.3) is 5.91 Å². The van der Waals surface area contributed by atoms with Gasteiger partial charge in [0.05, 0.1) is 19.7 Å². The van der Waals surface area contributed by atoms with Gasteiger partial charge in [0, 0.05) is 39.5 Å². The Morgan fingerprint density at radius 2 is 1.90 bits per heavy atom. The van der Waals surface area contributed by atoms with Crippen molar-refractivity contribution in [3.63, 3.8) is 0 Å². The van der Waals surface area contributed by atoms with Crippen molar-refractivity contribution < 1.29 is 18.7 Å². The van der Waals surface area contributed by atoms with Crippen LogP contribution in [0.25, 0.3) is 0 Å². The lowest BCUT2D eigenvalue weighted by Gasteiger charge is -2.29. The molecule has 1 aromatic carbocycles. The van der Waals surface area contributed by atoms with Gasteiger partial charge < -0.3 is 19.4 Å². The first-order valence-corrected chi connectivity index (χ1v) is 9.94. The van der Waals surface area contributed by atoms with Crippen LogP contribution in [-0.4, -0.2) is 55.4 Å². The predicted octanol–water partition coefficient (Wildman–Crippen LogP) is 2.30. The first-order chi connectivity index (χ1) is 14.0. The second kappa shape index (κ2) is 7.91. The maximum Gasteiger partial charge on any atom is 0.286 e. The summed E-state index contributed by atoms with van der Waals surface area (Å²) >= 11 is 0. The van der Waals surface area contributed by atoms with Crippen LogP contribution in [0.5, 0.6) is 5.75 Å². The van der Waals surface area contributed by atoms with E-state index in [4.69, 9.17) is 9.15 Å². The van der Waals surface area contributed by atoms with E-state index in [-0.39, 0.29) is 17.9 Å². The summed E-state index contributed by atoms with van der Waals surface area (Å²) in [5.41, 5.74) is 1.15. The van der Waals surface area contributed by atoms with Crippen molar-refractivity contribution in [2.75, 3.05) is 33.8 Å². The summed E-state index contributed by atoms with van der Waals surface area (Å²) in [5, 5.41) is 2.58. The zero-order valence-corrected chi connectivity index (χ0v) is 17.1. The van der Waals surface area contributed by atoms with Crippen molar-refractivity contribution in [3.8, 4) is 5.75 Å². The second-order valence-corrected chi connectivity index (χ2v) is 7.85. The number of benzene rings is 1. The molecule has 0 radical (unpaired) electrons. The van der Waals surface area contributed by atoms with Gasteiger partial charge in [-0.1, -0.05) is 12.1 Å². The molecule has 2 saturated heterocycles. The number of nitrogens with zero attached hydrogens (tertiary/aromatic N) is 2. The van der Waals surface area contributed by atoms with Gasteiger partial charge in [-0.3, -0.25) is 14.5 Å². The highest BCUT2D eigenvalue weighted by atomic mass is 16.5. The third-order valence-electron chi connectivity index (χ3n) is 6.09. The topological polar surface area (TPSA) is 75.0 Å². The summed E-state index contributed by atoms with van der Waals surface area (Å²) in [6, 6.07) is 11.7. The van der Waals surface area contributed by atoms with Gasteiger partial charge in [-0.05, 0) is 35.7 Å². The third-order valence-corrected chi connectivity index (χ3v) is 6.09. The molecule has 1 N–H and O–H groups in total. The van der Waals surface area contributed by atoms with E-state index in [1.54, 1.807) is 27.1 Å². The highest BCUT2D eigenvalue weighted by Gasteiger charge is 2.48. The van der Waals surface area contributed by atoms with E-state index >= 15 is 0 Å². The average Bonchev–Trinajstić information content (AvgIpc) is 3.42. The summed E-state index contributed by atoms with van der Waals surface area (Å²) in [6.45, 7) is 4.89. The van der Waals surface area contributed by atoms with Crippen molar-refractivity contribution in [2.45, 2.75) is 19.5 Å². The van der Waals surface area contributed by atoms with Crippen molar-refractivity contribution in [2.24, 2.45) is 11.8 Å². The van der Waals surface area contributed by atoms with E-state index in [2.05, 4.69) is 22.3 Å². The Labute approximate surface area is 170 Å². The molecule has 0 aliphatic carbocycles. The molecule has 4 rings (SSSR count).